The second-order valence-electron chi connectivity index (χ2n) is 6.93. The highest BCUT2D eigenvalue weighted by Crippen LogP contribution is 2.46. The Kier molecular flexibility index (Phi) is 4.70. The number of urea groups is 1. The van der Waals surface area contributed by atoms with Crippen molar-refractivity contribution in [3.8, 4) is 0 Å². The van der Waals surface area contributed by atoms with Crippen LogP contribution < -0.4 is 10.6 Å². The third kappa shape index (κ3) is 4.20. The number of ether oxygens (including phenoxy) is 1. The van der Waals surface area contributed by atoms with E-state index >= 15 is 0 Å². The Morgan fingerprint density at radius 1 is 1.32 bits per heavy atom. The highest BCUT2D eigenvalue weighted by molar-refractivity contribution is 5.88. The Hall–Kier alpha value is -2.34. The number of carbonyl (C=O) groups is 1. The third-order valence-corrected chi connectivity index (χ3v) is 4.98. The van der Waals surface area contributed by atoms with Crippen molar-refractivity contribution in [3.63, 3.8) is 0 Å². The van der Waals surface area contributed by atoms with Crippen LogP contribution in [0.1, 0.15) is 30.7 Å². The Morgan fingerprint density at radius 3 is 3.00 bits per heavy atom. The van der Waals surface area contributed by atoms with Crippen molar-refractivity contribution >= 4 is 11.7 Å². The molecule has 2 N–H and O–H groups in total. The molecule has 4 rings (SSSR count). The first kappa shape index (κ1) is 16.1. The van der Waals surface area contributed by atoms with E-state index < -0.39 is 0 Å². The maximum absolute atomic E-state index is 12.1. The molecule has 0 radical (unpaired) electrons. The molecule has 1 aromatic carbocycles. The van der Waals surface area contributed by atoms with E-state index in [1.807, 2.05) is 16.9 Å². The van der Waals surface area contributed by atoms with E-state index in [0.29, 0.717) is 24.1 Å². The molecule has 2 amide bonds. The number of carbonyl (C=O) groups excluding carboxylic acids is 1. The molecule has 25 heavy (non-hydrogen) atoms. The zero-order chi connectivity index (χ0) is 17.1. The maximum atomic E-state index is 12.1. The van der Waals surface area contributed by atoms with Crippen LogP contribution in [0.3, 0.4) is 0 Å². The number of anilines is 1. The van der Waals surface area contributed by atoms with Gasteiger partial charge < -0.3 is 15.4 Å². The second-order valence-corrected chi connectivity index (χ2v) is 6.93. The van der Waals surface area contributed by atoms with Gasteiger partial charge in [0.25, 0.3) is 0 Å². The summed E-state index contributed by atoms with van der Waals surface area (Å²) >= 11 is 0. The molecule has 1 saturated carbocycles. The lowest BCUT2D eigenvalue weighted by Crippen LogP contribution is -2.30. The lowest BCUT2D eigenvalue weighted by Gasteiger charge is -2.08. The summed E-state index contributed by atoms with van der Waals surface area (Å²) in [5, 5.41) is 10.1. The Labute approximate surface area is 147 Å². The van der Waals surface area contributed by atoms with Crippen molar-refractivity contribution in [1.29, 1.82) is 0 Å². The second kappa shape index (κ2) is 7.27. The highest BCUT2D eigenvalue weighted by atomic mass is 16.5. The average Bonchev–Trinajstić information content (AvgIpc) is 2.98. The summed E-state index contributed by atoms with van der Waals surface area (Å²) in [7, 11) is 0. The van der Waals surface area contributed by atoms with E-state index in [-0.39, 0.29) is 12.1 Å². The molecule has 6 heteroatoms. The van der Waals surface area contributed by atoms with Crippen molar-refractivity contribution in [3.05, 3.63) is 48.3 Å². The Morgan fingerprint density at radius 2 is 2.20 bits per heavy atom. The molecule has 1 aliphatic heterocycles. The molecule has 2 aliphatic rings. The molecular formula is C19H24N4O2. The number of amides is 2. The quantitative estimate of drug-likeness (QED) is 0.849. The third-order valence-electron chi connectivity index (χ3n) is 4.98. The molecule has 6 nitrogen and oxygen atoms in total. The van der Waals surface area contributed by atoms with Gasteiger partial charge in [-0.1, -0.05) is 30.3 Å². The molecular weight excluding hydrogens is 316 g/mol. The smallest absolute Gasteiger partial charge is 0.319 e. The number of hydrogen-bond donors (Lipinski definition) is 2. The van der Waals surface area contributed by atoms with Crippen molar-refractivity contribution in [2.24, 2.45) is 5.92 Å². The van der Waals surface area contributed by atoms with Gasteiger partial charge in [-0.2, -0.15) is 5.10 Å². The van der Waals surface area contributed by atoms with Crippen LogP contribution in [0.5, 0.6) is 0 Å². The average molecular weight is 340 g/mol. The molecule has 1 aromatic heterocycles. The number of rotatable bonds is 6. The zero-order valence-electron chi connectivity index (χ0n) is 14.2. The van der Waals surface area contributed by atoms with Crippen LogP contribution in [0.2, 0.25) is 0 Å². The molecule has 3 atom stereocenters. The minimum absolute atomic E-state index is 0.171. The zero-order valence-corrected chi connectivity index (χ0v) is 14.2. The van der Waals surface area contributed by atoms with Crippen LogP contribution >= 0.6 is 0 Å². The number of nitrogens with zero attached hydrogens (tertiary/aromatic N) is 2. The number of benzene rings is 1. The van der Waals surface area contributed by atoms with E-state index in [1.54, 1.807) is 6.20 Å². The SMILES string of the molecule is O=C(NC[C@@H]1C[C@H]1c1ccccc1)Nc1cnn(C[C@H]2CCCO2)c1. The normalized spacial score (nSPS) is 24.9. The van der Waals surface area contributed by atoms with Gasteiger partial charge in [-0.3, -0.25) is 4.68 Å². The van der Waals surface area contributed by atoms with E-state index in [4.69, 9.17) is 4.74 Å². The molecule has 0 unspecified atom stereocenters. The number of aromatic nitrogens is 2. The van der Waals surface area contributed by atoms with Gasteiger partial charge in [0.15, 0.2) is 0 Å². The van der Waals surface area contributed by atoms with Crippen molar-refractivity contribution in [2.75, 3.05) is 18.5 Å². The van der Waals surface area contributed by atoms with Crippen LogP contribution in [-0.2, 0) is 11.3 Å². The largest absolute Gasteiger partial charge is 0.376 e. The summed E-state index contributed by atoms with van der Waals surface area (Å²) in [4.78, 5) is 12.1. The van der Waals surface area contributed by atoms with Crippen LogP contribution in [0.15, 0.2) is 42.7 Å². The fourth-order valence-electron chi connectivity index (χ4n) is 3.51. The van der Waals surface area contributed by atoms with Gasteiger partial charge in [0, 0.05) is 19.3 Å². The first-order valence-electron chi connectivity index (χ1n) is 9.02. The van der Waals surface area contributed by atoms with Crippen molar-refractivity contribution in [2.45, 2.75) is 37.8 Å². The van der Waals surface area contributed by atoms with Gasteiger partial charge in [-0.25, -0.2) is 4.79 Å². The lowest BCUT2D eigenvalue weighted by molar-refractivity contribution is 0.0940. The monoisotopic (exact) mass is 340 g/mol. The van der Waals surface area contributed by atoms with E-state index in [2.05, 4.69) is 40.0 Å². The van der Waals surface area contributed by atoms with Crippen LogP contribution in [0.25, 0.3) is 0 Å². The summed E-state index contributed by atoms with van der Waals surface area (Å²) in [6, 6.07) is 10.3. The molecule has 2 heterocycles. The van der Waals surface area contributed by atoms with E-state index in [0.717, 1.165) is 32.4 Å². The lowest BCUT2D eigenvalue weighted by atomic mass is 10.1. The van der Waals surface area contributed by atoms with Gasteiger partial charge in [-0.15, -0.1) is 0 Å². The molecule has 0 bridgehead atoms. The highest BCUT2D eigenvalue weighted by Gasteiger charge is 2.38. The summed E-state index contributed by atoms with van der Waals surface area (Å²) in [5.74, 6) is 1.12. The first-order valence-corrected chi connectivity index (χ1v) is 9.02. The van der Waals surface area contributed by atoms with Gasteiger partial charge in [0.05, 0.1) is 24.5 Å². The molecule has 0 spiro atoms. The van der Waals surface area contributed by atoms with Gasteiger partial charge in [0.2, 0.25) is 0 Å². The predicted octanol–water partition coefficient (Wildman–Crippen LogP) is 2.99. The molecule has 1 saturated heterocycles. The fourth-order valence-corrected chi connectivity index (χ4v) is 3.51. The minimum Gasteiger partial charge on any atom is -0.376 e. The maximum Gasteiger partial charge on any atom is 0.319 e. The fraction of sp³-hybridized carbons (Fsp3) is 0.474. The summed E-state index contributed by atoms with van der Waals surface area (Å²) < 4.78 is 7.44. The van der Waals surface area contributed by atoms with Crippen LogP contribution in [0, 0.1) is 5.92 Å². The topological polar surface area (TPSA) is 68.2 Å². The predicted molar refractivity (Wildman–Crippen MR) is 95.5 cm³/mol. The number of hydrogen-bond acceptors (Lipinski definition) is 3. The van der Waals surface area contributed by atoms with Crippen LogP contribution in [0.4, 0.5) is 10.5 Å². The van der Waals surface area contributed by atoms with Gasteiger partial charge in [-0.05, 0) is 36.7 Å². The molecule has 132 valence electrons. The number of nitrogens with one attached hydrogen (secondary N) is 2. The van der Waals surface area contributed by atoms with Crippen molar-refractivity contribution < 1.29 is 9.53 Å². The Bertz CT molecular complexity index is 709. The summed E-state index contributed by atoms with van der Waals surface area (Å²) in [5.41, 5.74) is 2.08. The van der Waals surface area contributed by atoms with E-state index in [1.165, 1.54) is 5.56 Å². The van der Waals surface area contributed by atoms with Crippen LogP contribution in [-0.4, -0.2) is 35.1 Å². The standard InChI is InChI=1S/C19H24N4O2/c24-19(20-10-15-9-18(15)14-5-2-1-3-6-14)22-16-11-21-23(12-16)13-17-7-4-8-25-17/h1-3,5-6,11-12,15,17-18H,4,7-10,13H2,(H2,20,22,24)/t15-,17+,18-/m0/s1. The molecule has 1 aliphatic carbocycles. The van der Waals surface area contributed by atoms with E-state index in [9.17, 15) is 4.79 Å². The van der Waals surface area contributed by atoms with Gasteiger partial charge in [0.1, 0.15) is 0 Å². The summed E-state index contributed by atoms with van der Waals surface area (Å²) in [6.07, 6.45) is 7.11. The van der Waals surface area contributed by atoms with Gasteiger partial charge >= 0.3 is 6.03 Å². The summed E-state index contributed by atoms with van der Waals surface area (Å²) in [6.45, 7) is 2.28. The molecule has 2 fully saturated rings. The van der Waals surface area contributed by atoms with Crippen molar-refractivity contribution in [1.82, 2.24) is 15.1 Å². The minimum atomic E-state index is -0.171. The first-order chi connectivity index (χ1) is 12.3. The Balaban J connectivity index is 1.20. The molecule has 2 aromatic rings.